The monoisotopic (exact) mass is 210 g/mol. The number of pyridine rings is 1. The van der Waals surface area contributed by atoms with E-state index in [1.54, 1.807) is 23.7 Å². The number of aromatic nitrogens is 1. The van der Waals surface area contributed by atoms with Crippen LogP contribution in [0.5, 0.6) is 0 Å². The van der Waals surface area contributed by atoms with Crippen LogP contribution in [-0.4, -0.2) is 18.1 Å². The Labute approximate surface area is 86.2 Å². The average molecular weight is 210 g/mol. The molecule has 1 rings (SSSR count). The molecule has 0 saturated carbocycles. The van der Waals surface area contributed by atoms with Crippen LogP contribution in [0.15, 0.2) is 34.8 Å². The average Bonchev–Trinajstić information content (AvgIpc) is 2.21. The third kappa shape index (κ3) is 3.49. The van der Waals surface area contributed by atoms with E-state index in [2.05, 4.69) is 9.72 Å². The lowest BCUT2D eigenvalue weighted by molar-refractivity contribution is -0.134. The number of anilines is 1. The van der Waals surface area contributed by atoms with E-state index in [1.807, 2.05) is 0 Å². The molecule has 0 radical (unpaired) electrons. The van der Waals surface area contributed by atoms with Gasteiger partial charge in [0.25, 0.3) is 0 Å². The molecular weight excluding hydrogens is 200 g/mol. The van der Waals surface area contributed by atoms with Crippen molar-refractivity contribution in [3.8, 4) is 0 Å². The molecule has 2 N–H and O–H groups in total. The summed E-state index contributed by atoms with van der Waals surface area (Å²) in [6.07, 6.45) is 2.90. The van der Waals surface area contributed by atoms with E-state index < -0.39 is 0 Å². The van der Waals surface area contributed by atoms with Gasteiger partial charge in [0, 0.05) is 6.08 Å². The Morgan fingerprint density at radius 3 is 3.00 bits per heavy atom. The minimum Gasteiger partial charge on any atom is -0.466 e. The Hall–Kier alpha value is -1.49. The summed E-state index contributed by atoms with van der Waals surface area (Å²) in [4.78, 5) is 14.7. The number of hydrogen-bond donors (Lipinski definition) is 1. The molecule has 0 aliphatic rings. The maximum absolute atomic E-state index is 10.7. The maximum atomic E-state index is 10.7. The van der Waals surface area contributed by atoms with Gasteiger partial charge in [0.15, 0.2) is 0 Å². The number of rotatable bonds is 3. The summed E-state index contributed by atoms with van der Waals surface area (Å²) in [7, 11) is 1.33. The molecule has 0 unspecified atom stereocenters. The Bertz CT molecular complexity index is 335. The standard InChI is InChI=1S/C9H10N2O2S/c1-13-9(12)4-5-14-8-3-2-7(10)6-11-8/h2-6H,10H2,1H3. The minimum absolute atomic E-state index is 0.382. The van der Waals surface area contributed by atoms with Crippen LogP contribution in [0, 0.1) is 0 Å². The van der Waals surface area contributed by atoms with Crippen LogP contribution >= 0.6 is 11.8 Å². The van der Waals surface area contributed by atoms with E-state index in [0.29, 0.717) is 5.69 Å². The molecule has 74 valence electrons. The number of ether oxygens (including phenoxy) is 1. The van der Waals surface area contributed by atoms with Gasteiger partial charge >= 0.3 is 5.97 Å². The molecule has 1 heterocycles. The van der Waals surface area contributed by atoms with Gasteiger partial charge in [-0.05, 0) is 17.5 Å². The molecule has 0 bridgehead atoms. The van der Waals surface area contributed by atoms with Crippen LogP contribution in [0.1, 0.15) is 0 Å². The molecule has 1 aromatic heterocycles. The van der Waals surface area contributed by atoms with Crippen molar-refractivity contribution in [2.75, 3.05) is 12.8 Å². The van der Waals surface area contributed by atoms with E-state index >= 15 is 0 Å². The smallest absolute Gasteiger partial charge is 0.330 e. The molecule has 0 aromatic carbocycles. The number of methoxy groups -OCH3 is 1. The first-order valence-corrected chi connectivity index (χ1v) is 4.73. The largest absolute Gasteiger partial charge is 0.466 e. The number of thioether (sulfide) groups is 1. The third-order valence-corrected chi connectivity index (χ3v) is 2.11. The Morgan fingerprint density at radius 1 is 1.64 bits per heavy atom. The number of esters is 1. The van der Waals surface area contributed by atoms with E-state index in [-0.39, 0.29) is 5.97 Å². The van der Waals surface area contributed by atoms with Crippen molar-refractivity contribution in [2.24, 2.45) is 0 Å². The zero-order chi connectivity index (χ0) is 10.4. The molecule has 0 amide bonds. The molecule has 0 fully saturated rings. The van der Waals surface area contributed by atoms with Crippen molar-refractivity contribution in [3.63, 3.8) is 0 Å². The lowest BCUT2D eigenvalue weighted by Crippen LogP contribution is -1.92. The minimum atomic E-state index is -0.382. The van der Waals surface area contributed by atoms with Crippen LogP contribution in [0.2, 0.25) is 0 Å². The molecule has 5 heteroatoms. The number of carbonyl (C=O) groups excluding carboxylic acids is 1. The molecule has 4 nitrogen and oxygen atoms in total. The van der Waals surface area contributed by atoms with Crippen molar-refractivity contribution < 1.29 is 9.53 Å². The van der Waals surface area contributed by atoms with Crippen molar-refractivity contribution in [2.45, 2.75) is 5.03 Å². The summed E-state index contributed by atoms with van der Waals surface area (Å²) in [6.45, 7) is 0. The molecule has 0 aliphatic heterocycles. The summed E-state index contributed by atoms with van der Waals surface area (Å²) in [5.74, 6) is -0.382. The molecule has 1 aromatic rings. The third-order valence-electron chi connectivity index (χ3n) is 1.35. The second-order valence-electron chi connectivity index (χ2n) is 2.37. The fourth-order valence-corrected chi connectivity index (χ4v) is 1.27. The van der Waals surface area contributed by atoms with Gasteiger partial charge in [-0.25, -0.2) is 9.78 Å². The number of nitrogens with two attached hydrogens (primary N) is 1. The number of carbonyl (C=O) groups is 1. The predicted molar refractivity (Wildman–Crippen MR) is 55.7 cm³/mol. The van der Waals surface area contributed by atoms with Gasteiger partial charge in [0.2, 0.25) is 0 Å². The predicted octanol–water partition coefficient (Wildman–Crippen LogP) is 1.44. The van der Waals surface area contributed by atoms with E-state index in [9.17, 15) is 4.79 Å². The van der Waals surface area contributed by atoms with Gasteiger partial charge in [0.05, 0.1) is 19.0 Å². The van der Waals surface area contributed by atoms with Crippen LogP contribution < -0.4 is 5.73 Å². The van der Waals surface area contributed by atoms with Crippen LogP contribution in [0.3, 0.4) is 0 Å². The normalized spacial score (nSPS) is 10.4. The van der Waals surface area contributed by atoms with Gasteiger partial charge < -0.3 is 10.5 Å². The fourth-order valence-electron chi connectivity index (χ4n) is 0.689. The van der Waals surface area contributed by atoms with Gasteiger partial charge in [-0.3, -0.25) is 0 Å². The summed E-state index contributed by atoms with van der Waals surface area (Å²) in [6, 6.07) is 3.53. The number of hydrogen-bond acceptors (Lipinski definition) is 5. The van der Waals surface area contributed by atoms with Gasteiger partial charge in [-0.15, -0.1) is 0 Å². The van der Waals surface area contributed by atoms with Crippen molar-refractivity contribution in [1.29, 1.82) is 0 Å². The SMILES string of the molecule is COC(=O)C=CSc1ccc(N)cn1. The Balaban J connectivity index is 2.49. The highest BCUT2D eigenvalue weighted by Crippen LogP contribution is 2.16. The summed E-state index contributed by atoms with van der Waals surface area (Å²) < 4.78 is 4.43. The molecule has 0 atom stereocenters. The maximum Gasteiger partial charge on any atom is 0.330 e. The van der Waals surface area contributed by atoms with Crippen LogP contribution in [0.4, 0.5) is 5.69 Å². The number of nitrogen functional groups attached to an aromatic ring is 1. The van der Waals surface area contributed by atoms with E-state index in [1.165, 1.54) is 24.9 Å². The molecule has 0 aliphatic carbocycles. The quantitative estimate of drug-likeness (QED) is 0.464. The molecular formula is C9H10N2O2S. The summed E-state index contributed by atoms with van der Waals surface area (Å²) in [5.41, 5.74) is 6.08. The van der Waals surface area contributed by atoms with E-state index in [0.717, 1.165) is 5.03 Å². The van der Waals surface area contributed by atoms with E-state index in [4.69, 9.17) is 5.73 Å². The molecule has 0 saturated heterocycles. The van der Waals surface area contributed by atoms with Gasteiger partial charge in [-0.1, -0.05) is 11.8 Å². The highest BCUT2D eigenvalue weighted by Gasteiger charge is 1.93. The van der Waals surface area contributed by atoms with Gasteiger partial charge in [-0.2, -0.15) is 0 Å². The topological polar surface area (TPSA) is 65.2 Å². The second-order valence-corrected chi connectivity index (χ2v) is 3.30. The zero-order valence-electron chi connectivity index (χ0n) is 7.64. The van der Waals surface area contributed by atoms with Crippen molar-refractivity contribution >= 4 is 23.4 Å². The Kier molecular flexibility index (Phi) is 4.00. The molecule has 0 spiro atoms. The second kappa shape index (κ2) is 5.29. The highest BCUT2D eigenvalue weighted by molar-refractivity contribution is 8.02. The van der Waals surface area contributed by atoms with Crippen molar-refractivity contribution in [3.05, 3.63) is 29.8 Å². The number of nitrogens with zero attached hydrogens (tertiary/aromatic N) is 1. The summed E-state index contributed by atoms with van der Waals surface area (Å²) >= 11 is 1.32. The van der Waals surface area contributed by atoms with Crippen molar-refractivity contribution in [1.82, 2.24) is 4.98 Å². The lowest BCUT2D eigenvalue weighted by atomic mass is 10.4. The Morgan fingerprint density at radius 2 is 2.43 bits per heavy atom. The first kappa shape index (κ1) is 10.6. The van der Waals surface area contributed by atoms with Gasteiger partial charge in [0.1, 0.15) is 5.03 Å². The molecule has 14 heavy (non-hydrogen) atoms. The fraction of sp³-hybridized carbons (Fsp3) is 0.111. The first-order valence-electron chi connectivity index (χ1n) is 3.85. The van der Waals surface area contributed by atoms with Crippen LogP contribution in [0.25, 0.3) is 0 Å². The summed E-state index contributed by atoms with van der Waals surface area (Å²) in [5, 5.41) is 2.39. The van der Waals surface area contributed by atoms with Crippen LogP contribution in [-0.2, 0) is 9.53 Å². The lowest BCUT2D eigenvalue weighted by Gasteiger charge is -1.95. The highest BCUT2D eigenvalue weighted by atomic mass is 32.2. The first-order chi connectivity index (χ1) is 6.72. The zero-order valence-corrected chi connectivity index (χ0v) is 8.45.